The van der Waals surface area contributed by atoms with Gasteiger partial charge in [-0.25, -0.2) is 14.2 Å². The van der Waals surface area contributed by atoms with E-state index in [1.807, 2.05) is 0 Å². The molecule has 2 atom stereocenters. The van der Waals surface area contributed by atoms with Crippen molar-refractivity contribution in [3.8, 4) is 11.4 Å². The van der Waals surface area contributed by atoms with Gasteiger partial charge in [0, 0.05) is 39.3 Å². The van der Waals surface area contributed by atoms with Crippen molar-refractivity contribution < 1.29 is 41.3 Å². The summed E-state index contributed by atoms with van der Waals surface area (Å²) in [6.45, 7) is 9.45. The van der Waals surface area contributed by atoms with E-state index in [-0.39, 0.29) is 39.6 Å². The largest absolute Gasteiger partial charge is 0.573 e. The van der Waals surface area contributed by atoms with Crippen LogP contribution in [0.5, 0.6) is 5.75 Å². The van der Waals surface area contributed by atoms with Gasteiger partial charge in [-0.3, -0.25) is 14.3 Å². The number of fused-ring (bicyclic) bond motifs is 1. The summed E-state index contributed by atoms with van der Waals surface area (Å²) < 4.78 is 78.2. The zero-order valence-electron chi connectivity index (χ0n) is 27.4. The predicted octanol–water partition coefficient (Wildman–Crippen LogP) is 4.48. The van der Waals surface area contributed by atoms with Crippen molar-refractivity contribution in [2.45, 2.75) is 63.4 Å². The minimum absolute atomic E-state index is 0.00644. The van der Waals surface area contributed by atoms with Gasteiger partial charge in [0.15, 0.2) is 17.8 Å². The first-order valence-corrected chi connectivity index (χ1v) is 16.3. The van der Waals surface area contributed by atoms with Crippen molar-refractivity contribution in [1.29, 1.82) is 0 Å². The van der Waals surface area contributed by atoms with Crippen molar-refractivity contribution in [1.82, 2.24) is 19.4 Å². The summed E-state index contributed by atoms with van der Waals surface area (Å²) in [6.07, 6.45) is -3.19. The zero-order chi connectivity index (χ0) is 34.7. The molecule has 3 aliphatic heterocycles. The van der Waals surface area contributed by atoms with Crippen LogP contribution in [0, 0.1) is 5.82 Å². The van der Waals surface area contributed by atoms with Crippen LogP contribution in [-0.2, 0) is 14.2 Å². The molecule has 4 aliphatic rings. The highest BCUT2D eigenvalue weighted by atomic mass is 19.4. The molecule has 2 unspecified atom stereocenters. The number of ether oxygens (including phenoxy) is 4. The number of morpholine rings is 1. The first kappa shape index (κ1) is 33.4. The third kappa shape index (κ3) is 6.85. The molecule has 4 heterocycles. The topological polar surface area (TPSA) is 114 Å². The molecule has 12 nitrogen and oxygen atoms in total. The van der Waals surface area contributed by atoms with Crippen LogP contribution in [0.3, 0.4) is 0 Å². The number of benzene rings is 2. The quantitative estimate of drug-likeness (QED) is 0.281. The van der Waals surface area contributed by atoms with Gasteiger partial charge in [0.2, 0.25) is 0 Å². The fourth-order valence-corrected chi connectivity index (χ4v) is 6.73. The molecule has 1 aromatic heterocycles. The van der Waals surface area contributed by atoms with Crippen LogP contribution in [0.15, 0.2) is 41.5 Å². The number of halogens is 4. The molecule has 1 saturated carbocycles. The second kappa shape index (κ2) is 12.3. The van der Waals surface area contributed by atoms with Gasteiger partial charge in [-0.2, -0.15) is 0 Å². The molecule has 3 aromatic rings. The van der Waals surface area contributed by atoms with E-state index in [2.05, 4.69) is 19.9 Å². The number of alkyl halides is 3. The molecular weight excluding hydrogens is 652 g/mol. The van der Waals surface area contributed by atoms with Gasteiger partial charge in [0.1, 0.15) is 23.5 Å². The highest BCUT2D eigenvalue weighted by molar-refractivity contribution is 5.83. The van der Waals surface area contributed by atoms with Crippen LogP contribution < -0.4 is 20.5 Å². The highest BCUT2D eigenvalue weighted by Gasteiger charge is 2.64. The Bertz CT molecular complexity index is 1800. The molecule has 0 bridgehead atoms. The molecule has 49 heavy (non-hydrogen) atoms. The first-order valence-electron chi connectivity index (χ1n) is 16.3. The normalized spacial score (nSPS) is 22.6. The number of epoxide rings is 1. The first-order chi connectivity index (χ1) is 23.2. The average molecular weight is 691 g/mol. The second-order valence-electron chi connectivity index (χ2n) is 13.7. The second-order valence-corrected chi connectivity index (χ2v) is 13.7. The van der Waals surface area contributed by atoms with Crippen molar-refractivity contribution in [3.63, 3.8) is 0 Å². The number of rotatable bonds is 7. The summed E-state index contributed by atoms with van der Waals surface area (Å²) >= 11 is 0. The number of carbonyl (C=O) groups is 1. The van der Waals surface area contributed by atoms with Gasteiger partial charge in [-0.15, -0.1) is 13.2 Å². The summed E-state index contributed by atoms with van der Waals surface area (Å²) in [6, 6.07) is 6.75. The number of amides is 1. The van der Waals surface area contributed by atoms with E-state index >= 15 is 4.39 Å². The molecule has 7 rings (SSSR count). The summed E-state index contributed by atoms with van der Waals surface area (Å²) in [4.78, 5) is 36.0. The summed E-state index contributed by atoms with van der Waals surface area (Å²) in [5.41, 5.74) is -1.14. The number of hydrogen-bond acceptors (Lipinski definition) is 10. The lowest BCUT2D eigenvalue weighted by Crippen LogP contribution is -2.50. The van der Waals surface area contributed by atoms with Gasteiger partial charge in [0.05, 0.1) is 41.2 Å². The van der Waals surface area contributed by atoms with Crippen LogP contribution in [0.2, 0.25) is 0 Å². The van der Waals surface area contributed by atoms with Crippen molar-refractivity contribution in [3.05, 3.63) is 52.8 Å². The van der Waals surface area contributed by atoms with Crippen LogP contribution in [0.1, 0.15) is 33.6 Å². The Hall–Kier alpha value is -4.15. The molecule has 264 valence electrons. The molecule has 1 amide bonds. The van der Waals surface area contributed by atoms with E-state index in [0.29, 0.717) is 39.4 Å². The van der Waals surface area contributed by atoms with E-state index < -0.39 is 41.4 Å². The molecule has 16 heteroatoms. The zero-order valence-corrected chi connectivity index (χ0v) is 27.4. The molecule has 3 saturated heterocycles. The van der Waals surface area contributed by atoms with E-state index in [9.17, 15) is 22.8 Å². The number of nitrogens with one attached hydrogen (secondary N) is 1. The van der Waals surface area contributed by atoms with Gasteiger partial charge < -0.3 is 34.1 Å². The minimum atomic E-state index is -4.95. The maximum atomic E-state index is 15.8. The van der Waals surface area contributed by atoms with Crippen molar-refractivity contribution >= 4 is 28.4 Å². The number of anilines is 2. The van der Waals surface area contributed by atoms with Gasteiger partial charge in [-0.1, -0.05) is 0 Å². The lowest BCUT2D eigenvalue weighted by molar-refractivity contribution is -0.274. The van der Waals surface area contributed by atoms with Crippen molar-refractivity contribution in [2.75, 3.05) is 62.7 Å². The molecule has 0 spiro atoms. The summed E-state index contributed by atoms with van der Waals surface area (Å²) in [5.74, 6) is -1.17. The predicted molar refractivity (Wildman–Crippen MR) is 171 cm³/mol. The number of nitrogens with zero attached hydrogens (tertiary/aromatic N) is 5. The van der Waals surface area contributed by atoms with Gasteiger partial charge in [-0.05, 0) is 63.9 Å². The van der Waals surface area contributed by atoms with E-state index in [1.54, 1.807) is 30.6 Å². The summed E-state index contributed by atoms with van der Waals surface area (Å²) in [7, 11) is 0. The maximum Gasteiger partial charge on any atom is 0.573 e. The lowest BCUT2D eigenvalue weighted by atomic mass is 10.1. The molecule has 4 fully saturated rings. The molecular formula is C33H38F4N6O6. The molecule has 1 N–H and O–H groups in total. The van der Waals surface area contributed by atoms with Crippen LogP contribution in [-0.4, -0.2) is 108 Å². The SMILES string of the molecule is CC(C)(C)OC(=O)N1CCN(c2ccc3c(=O)n(-c4ccc(OC(F)(F)F)c(NC5OC5C5(N6CCOCC6)CC5)c4)cnc3c2F)CC1. The third-order valence-electron chi connectivity index (χ3n) is 9.31. The Morgan fingerprint density at radius 2 is 1.73 bits per heavy atom. The number of hydrogen-bond donors (Lipinski definition) is 1. The van der Waals surface area contributed by atoms with Crippen LogP contribution >= 0.6 is 0 Å². The van der Waals surface area contributed by atoms with Gasteiger partial charge in [0.25, 0.3) is 5.56 Å². The Morgan fingerprint density at radius 3 is 2.39 bits per heavy atom. The molecule has 0 radical (unpaired) electrons. The number of aromatic nitrogens is 2. The van der Waals surface area contributed by atoms with E-state index in [4.69, 9.17) is 14.2 Å². The van der Waals surface area contributed by atoms with Crippen LogP contribution in [0.4, 0.5) is 33.7 Å². The monoisotopic (exact) mass is 690 g/mol. The van der Waals surface area contributed by atoms with E-state index in [1.165, 1.54) is 24.3 Å². The number of carbonyl (C=O) groups excluding carboxylic acids is 1. The van der Waals surface area contributed by atoms with E-state index in [0.717, 1.165) is 42.9 Å². The highest BCUT2D eigenvalue weighted by Crippen LogP contribution is 2.53. The fourth-order valence-electron chi connectivity index (χ4n) is 6.73. The molecule has 2 aromatic carbocycles. The van der Waals surface area contributed by atoms with Crippen LogP contribution in [0.25, 0.3) is 16.6 Å². The minimum Gasteiger partial charge on any atom is -0.444 e. The Balaban J connectivity index is 1.11. The van der Waals surface area contributed by atoms with Gasteiger partial charge >= 0.3 is 12.5 Å². The Kier molecular flexibility index (Phi) is 8.38. The standard InChI is InChI=1S/C33H38F4N6O6/c1-31(2,3)49-30(45)41-12-10-40(11-13-41)23-6-5-21-26(25(23)34)38-19-43(29(21)44)20-4-7-24(48-33(35,36)37)22(18-20)39-28-27(47-28)32(8-9-32)42-14-16-46-17-15-42/h4-7,18-19,27-28,39H,8-17H2,1-3H3. The summed E-state index contributed by atoms with van der Waals surface area (Å²) in [5, 5.41) is 3.04. The molecule has 1 aliphatic carbocycles. The lowest BCUT2D eigenvalue weighted by Gasteiger charge is -2.36. The third-order valence-corrected chi connectivity index (χ3v) is 9.31. The Labute approximate surface area is 279 Å². The Morgan fingerprint density at radius 1 is 1.02 bits per heavy atom. The average Bonchev–Trinajstić information content (AvgIpc) is 3.98. The smallest absolute Gasteiger partial charge is 0.444 e. The maximum absolute atomic E-state index is 15.8. The van der Waals surface area contributed by atoms with Crippen molar-refractivity contribution in [2.24, 2.45) is 0 Å². The number of piperazine rings is 1. The fraction of sp³-hybridized carbons (Fsp3) is 0.545.